The van der Waals surface area contributed by atoms with Crippen LogP contribution in [0.2, 0.25) is 0 Å². The monoisotopic (exact) mass is 987 g/mol. The topological polar surface area (TPSA) is 46.0 Å². The zero-order valence-electron chi connectivity index (χ0n) is 42.8. The molecule has 9 rings (SSSR count). The molecule has 0 bridgehead atoms. The summed E-state index contributed by atoms with van der Waals surface area (Å²) in [4.78, 5) is 9.60. The molecule has 0 fully saturated rings. The first-order valence-corrected chi connectivity index (χ1v) is 20.2. The van der Waals surface area contributed by atoms with Crippen molar-refractivity contribution in [3.05, 3.63) is 162 Å². The number of pyridine rings is 2. The molecule has 6 nitrogen and oxygen atoms in total. The molecule has 3 aromatic heterocycles. The second kappa shape index (κ2) is 15.5. The van der Waals surface area contributed by atoms with Gasteiger partial charge in [-0.25, -0.2) is 4.98 Å². The summed E-state index contributed by atoms with van der Waals surface area (Å²) in [5.74, 6) is 1.43. The first kappa shape index (κ1) is 33.7. The number of hydrogen-bond acceptors (Lipinski definition) is 3. The number of rotatable bonds is 6. The summed E-state index contributed by atoms with van der Waals surface area (Å²) in [6.45, 7) is 16.3. The number of para-hydroxylation sites is 4. The molecule has 0 radical (unpaired) electrons. The van der Waals surface area contributed by atoms with Crippen LogP contribution in [-0.2, 0) is 37.3 Å². The van der Waals surface area contributed by atoms with Gasteiger partial charge in [0.2, 0.25) is 5.69 Å². The Labute approximate surface area is 384 Å². The van der Waals surface area contributed by atoms with E-state index in [4.69, 9.17) is 24.3 Å². The van der Waals surface area contributed by atoms with E-state index in [2.05, 4.69) is 109 Å². The van der Waals surface area contributed by atoms with Gasteiger partial charge in [0.15, 0.2) is 0 Å². The Bertz CT molecular complexity index is 3390. The van der Waals surface area contributed by atoms with E-state index in [0.29, 0.717) is 22.7 Å². The molecule has 8 aromatic rings. The smallest absolute Gasteiger partial charge is 0.484 e. The average Bonchev–Trinajstić information content (AvgIpc) is 3.80. The van der Waals surface area contributed by atoms with Crippen LogP contribution >= 0.6 is 0 Å². The van der Waals surface area contributed by atoms with Crippen LogP contribution in [0.5, 0.6) is 11.6 Å². The van der Waals surface area contributed by atoms with Crippen molar-refractivity contribution in [1.82, 2.24) is 23.7 Å². The fourth-order valence-corrected chi connectivity index (χ4v) is 7.76. The van der Waals surface area contributed by atoms with Crippen LogP contribution < -0.4 is 13.9 Å². The summed E-state index contributed by atoms with van der Waals surface area (Å²) >= 11 is 0. The van der Waals surface area contributed by atoms with E-state index in [9.17, 15) is 0 Å². The van der Waals surface area contributed by atoms with Crippen LogP contribution in [0.15, 0.2) is 128 Å². The number of benzene rings is 5. The van der Waals surface area contributed by atoms with E-state index < -0.39 is 42.0 Å². The van der Waals surface area contributed by atoms with Crippen molar-refractivity contribution in [3.63, 3.8) is 0 Å². The maximum Gasteiger partial charge on any atom is 2.00 e. The minimum Gasteiger partial charge on any atom is -0.484 e. The second-order valence-corrected chi connectivity index (χ2v) is 18.4. The van der Waals surface area contributed by atoms with Crippen LogP contribution in [0.3, 0.4) is 0 Å². The van der Waals surface area contributed by atoms with Gasteiger partial charge >= 0.3 is 27.1 Å². The summed E-state index contributed by atoms with van der Waals surface area (Å²) in [6.07, 6.45) is 3.66. The Morgan fingerprint density at radius 2 is 1.41 bits per heavy atom. The predicted octanol–water partition coefficient (Wildman–Crippen LogP) is 13.7. The van der Waals surface area contributed by atoms with Crippen LogP contribution in [0.4, 0.5) is 22.7 Å². The molecule has 0 atom stereocenters. The van der Waals surface area contributed by atoms with Gasteiger partial charge < -0.3 is 9.30 Å². The largest absolute Gasteiger partial charge is 2.00 e. The third-order valence-corrected chi connectivity index (χ3v) is 11.0. The maximum atomic E-state index is 9.14. The number of aromatic nitrogens is 3. The average molecular weight is 988 g/mol. The molecular formula is C54H51N5OPt+2. The first-order valence-electron chi connectivity index (χ1n) is 23.7. The number of fused-ring (bicyclic) bond motifs is 4. The quantitative estimate of drug-likeness (QED) is 0.123. The van der Waals surface area contributed by atoms with Crippen LogP contribution in [0, 0.1) is 19.0 Å². The molecule has 1 aliphatic heterocycles. The molecule has 306 valence electrons. The Morgan fingerprint density at radius 3 is 2.11 bits per heavy atom. The zero-order valence-corrected chi connectivity index (χ0v) is 38.0. The van der Waals surface area contributed by atoms with Gasteiger partial charge in [0, 0.05) is 39.3 Å². The molecule has 0 unspecified atom stereocenters. The summed E-state index contributed by atoms with van der Waals surface area (Å²) in [7, 11) is 0. The predicted molar refractivity (Wildman–Crippen MR) is 248 cm³/mol. The molecule has 61 heavy (non-hydrogen) atoms. The Balaban J connectivity index is 0.00000625. The Hall–Kier alpha value is -5.93. The van der Waals surface area contributed by atoms with Gasteiger partial charge in [0.1, 0.15) is 17.4 Å². The number of hydrogen-bond donors (Lipinski definition) is 0. The summed E-state index contributed by atoms with van der Waals surface area (Å²) in [6, 6.07) is 38.3. The van der Waals surface area contributed by atoms with E-state index in [1.54, 1.807) is 6.07 Å². The van der Waals surface area contributed by atoms with Crippen LogP contribution in [0.25, 0.3) is 38.8 Å². The minimum absolute atomic E-state index is 0. The van der Waals surface area contributed by atoms with Crippen molar-refractivity contribution in [2.45, 2.75) is 85.4 Å². The normalized spacial score (nSPS) is 14.7. The fourth-order valence-electron chi connectivity index (χ4n) is 7.76. The SMILES string of the molecule is [2H]c1c([2H])c(C([2H])([2H])[2H])c([2H])c([2H])c1-c1cccc(C(C)(C)C)c1[N+]1=C=[N+](c2[c-]c(Oc3[c-]c4c(cn3)c3ccccc3n4-c3cc(C(C)(C)C)ccn3)cc(C(C)(C)C)c2)c2ccccc21.[Pt+2]. The van der Waals surface area contributed by atoms with Crippen molar-refractivity contribution >= 4 is 50.6 Å². The van der Waals surface area contributed by atoms with Crippen molar-refractivity contribution in [1.29, 1.82) is 0 Å². The van der Waals surface area contributed by atoms with E-state index in [1.807, 2.05) is 82.2 Å². The summed E-state index contributed by atoms with van der Waals surface area (Å²) in [5, 5.41) is 1.93. The second-order valence-electron chi connectivity index (χ2n) is 18.4. The molecule has 0 aliphatic carbocycles. The molecule has 5 aromatic carbocycles. The summed E-state index contributed by atoms with van der Waals surface area (Å²) in [5.41, 5.74) is 6.30. The van der Waals surface area contributed by atoms with Gasteiger partial charge in [0.25, 0.3) is 11.4 Å². The number of ether oxygens (including phenoxy) is 1. The molecule has 0 spiro atoms. The van der Waals surface area contributed by atoms with Gasteiger partial charge in [0.05, 0.1) is 11.0 Å². The number of nitrogens with zero attached hydrogens (tertiary/aromatic N) is 5. The van der Waals surface area contributed by atoms with Gasteiger partial charge in [-0.2, -0.15) is 6.07 Å². The molecule has 1 aliphatic rings. The molecule has 0 amide bonds. The van der Waals surface area contributed by atoms with Crippen molar-refractivity contribution in [3.8, 4) is 28.6 Å². The van der Waals surface area contributed by atoms with Gasteiger partial charge in [-0.15, -0.1) is 22.5 Å². The van der Waals surface area contributed by atoms with Gasteiger partial charge in [-0.1, -0.05) is 157 Å². The Morgan fingerprint density at radius 1 is 0.705 bits per heavy atom. The van der Waals surface area contributed by atoms with Crippen molar-refractivity contribution in [2.24, 2.45) is 0 Å². The zero-order chi connectivity index (χ0) is 48.1. The van der Waals surface area contributed by atoms with Crippen molar-refractivity contribution in [2.75, 3.05) is 0 Å². The third-order valence-electron chi connectivity index (χ3n) is 11.0. The van der Waals surface area contributed by atoms with Crippen LogP contribution in [0.1, 0.15) is 94.2 Å². The van der Waals surface area contributed by atoms with Crippen LogP contribution in [-0.4, -0.2) is 20.5 Å². The molecule has 7 heteroatoms. The molecule has 0 saturated carbocycles. The Kier molecular flexibility index (Phi) is 8.58. The first-order chi connectivity index (χ1) is 31.4. The van der Waals surface area contributed by atoms with E-state index in [-0.39, 0.29) is 43.3 Å². The van der Waals surface area contributed by atoms with E-state index >= 15 is 0 Å². The van der Waals surface area contributed by atoms with Gasteiger partial charge in [-0.3, -0.25) is 4.98 Å². The van der Waals surface area contributed by atoms with Crippen molar-refractivity contribution < 1.29 is 35.4 Å². The van der Waals surface area contributed by atoms with Gasteiger partial charge in [-0.05, 0) is 69.3 Å². The third kappa shape index (κ3) is 7.80. The molecule has 0 N–H and O–H groups in total. The molecular weight excluding hydrogens is 930 g/mol. The fraction of sp³-hybridized carbons (Fsp3) is 0.241. The molecule has 0 saturated heterocycles. The van der Waals surface area contributed by atoms with E-state index in [1.165, 1.54) is 0 Å². The standard InChI is InChI=1S/C54H51N5O.Pt/c1-35-22-24-36(25-23-35)41-17-15-18-44(54(8,9)10)51(41)58-34-57(46-20-13-14-21-47(46)58)39-28-38(53(5,6)7)29-40(31-39)60-50-32-48-43(33-56-50)42-16-11-12-19-45(42)59(48)49-30-37(26-27-55-49)52(2,3)4;/h11-30,33H,1-10H3;/q;+2/i1D3,22D,23D,24D,25D;. The maximum absolute atomic E-state index is 9.14. The minimum atomic E-state index is -2.85. The summed E-state index contributed by atoms with van der Waals surface area (Å²) < 4.78 is 72.5. The molecule has 4 heterocycles. The van der Waals surface area contributed by atoms with E-state index in [0.717, 1.165) is 55.7 Å².